The topological polar surface area (TPSA) is 18.5 Å². The molecule has 1 heterocycles. The first-order valence-corrected chi connectivity index (χ1v) is 5.10. The number of rotatable bonds is 5. The zero-order valence-electron chi connectivity index (χ0n) is 8.21. The number of hydrogen-bond donors (Lipinski definition) is 0. The molecule has 1 fully saturated rings. The van der Waals surface area contributed by atoms with E-state index >= 15 is 0 Å². The molecule has 1 atom stereocenters. The van der Waals surface area contributed by atoms with Gasteiger partial charge in [0.25, 0.3) is 0 Å². The van der Waals surface area contributed by atoms with Crippen LogP contribution in [0.2, 0.25) is 0 Å². The van der Waals surface area contributed by atoms with Crippen molar-refractivity contribution in [2.24, 2.45) is 5.92 Å². The molecule has 2 nitrogen and oxygen atoms in total. The highest BCUT2D eigenvalue weighted by Gasteiger charge is 2.19. The molecule has 0 aliphatic carbocycles. The van der Waals surface area contributed by atoms with Crippen molar-refractivity contribution in [3.8, 4) is 0 Å². The van der Waals surface area contributed by atoms with Gasteiger partial charge in [0.2, 0.25) is 0 Å². The van der Waals surface area contributed by atoms with Gasteiger partial charge in [-0.3, -0.25) is 0 Å². The van der Waals surface area contributed by atoms with Gasteiger partial charge in [0.05, 0.1) is 13.2 Å². The summed E-state index contributed by atoms with van der Waals surface area (Å²) >= 11 is 0. The van der Waals surface area contributed by atoms with E-state index in [1.54, 1.807) is 0 Å². The standard InChI is InChI=1S/C10H20O2/c1-3-5-9(4-2)8-10-11-6-7-12-10/h9-10H,3-8H2,1-2H3. The second-order valence-electron chi connectivity index (χ2n) is 3.47. The summed E-state index contributed by atoms with van der Waals surface area (Å²) in [4.78, 5) is 0. The maximum Gasteiger partial charge on any atom is 0.158 e. The van der Waals surface area contributed by atoms with Gasteiger partial charge in [0, 0.05) is 6.42 Å². The van der Waals surface area contributed by atoms with Gasteiger partial charge in [0.15, 0.2) is 6.29 Å². The Balaban J connectivity index is 2.16. The summed E-state index contributed by atoms with van der Waals surface area (Å²) < 4.78 is 10.8. The van der Waals surface area contributed by atoms with Crippen molar-refractivity contribution < 1.29 is 9.47 Å². The lowest BCUT2D eigenvalue weighted by molar-refractivity contribution is -0.0578. The van der Waals surface area contributed by atoms with Gasteiger partial charge in [-0.15, -0.1) is 0 Å². The van der Waals surface area contributed by atoms with Crippen molar-refractivity contribution in [3.63, 3.8) is 0 Å². The van der Waals surface area contributed by atoms with E-state index < -0.39 is 0 Å². The Bertz CT molecular complexity index is 108. The summed E-state index contributed by atoms with van der Waals surface area (Å²) in [6.07, 6.45) is 5.01. The van der Waals surface area contributed by atoms with Crippen molar-refractivity contribution >= 4 is 0 Å². The van der Waals surface area contributed by atoms with Crippen molar-refractivity contribution in [1.82, 2.24) is 0 Å². The monoisotopic (exact) mass is 172 g/mol. The van der Waals surface area contributed by atoms with Crippen LogP contribution in [0.1, 0.15) is 39.5 Å². The molecule has 0 bridgehead atoms. The highest BCUT2D eigenvalue weighted by molar-refractivity contribution is 4.61. The van der Waals surface area contributed by atoms with Crippen LogP contribution >= 0.6 is 0 Å². The largest absolute Gasteiger partial charge is 0.350 e. The van der Waals surface area contributed by atoms with E-state index in [4.69, 9.17) is 9.47 Å². The Morgan fingerprint density at radius 2 is 1.92 bits per heavy atom. The molecular formula is C10H20O2. The minimum Gasteiger partial charge on any atom is -0.350 e. The molecular weight excluding hydrogens is 152 g/mol. The summed E-state index contributed by atoms with van der Waals surface area (Å²) in [5.41, 5.74) is 0. The van der Waals surface area contributed by atoms with E-state index in [0.29, 0.717) is 0 Å². The lowest BCUT2D eigenvalue weighted by Crippen LogP contribution is -2.13. The van der Waals surface area contributed by atoms with E-state index in [0.717, 1.165) is 25.6 Å². The van der Waals surface area contributed by atoms with E-state index in [9.17, 15) is 0 Å². The first kappa shape index (κ1) is 10.0. The molecule has 0 N–H and O–H groups in total. The highest BCUT2D eigenvalue weighted by Crippen LogP contribution is 2.21. The second-order valence-corrected chi connectivity index (χ2v) is 3.47. The predicted octanol–water partition coefficient (Wildman–Crippen LogP) is 2.58. The summed E-state index contributed by atoms with van der Waals surface area (Å²) in [5.74, 6) is 0.790. The van der Waals surface area contributed by atoms with Crippen LogP contribution < -0.4 is 0 Å². The molecule has 1 rings (SSSR count). The second kappa shape index (κ2) is 5.55. The van der Waals surface area contributed by atoms with Crippen LogP contribution in [0.15, 0.2) is 0 Å². The van der Waals surface area contributed by atoms with Crippen LogP contribution in [0.5, 0.6) is 0 Å². The molecule has 0 aromatic rings. The quantitative estimate of drug-likeness (QED) is 0.634. The van der Waals surface area contributed by atoms with Gasteiger partial charge in [-0.05, 0) is 5.92 Å². The SMILES string of the molecule is CCCC(CC)CC1OCCO1. The molecule has 1 unspecified atom stereocenters. The zero-order chi connectivity index (χ0) is 8.81. The molecule has 2 heteroatoms. The first-order valence-electron chi connectivity index (χ1n) is 5.10. The van der Waals surface area contributed by atoms with Crippen molar-refractivity contribution in [2.75, 3.05) is 13.2 Å². The van der Waals surface area contributed by atoms with Gasteiger partial charge in [-0.25, -0.2) is 0 Å². The van der Waals surface area contributed by atoms with Crippen LogP contribution in [0.25, 0.3) is 0 Å². The third-order valence-electron chi connectivity index (χ3n) is 2.49. The first-order chi connectivity index (χ1) is 5.86. The number of hydrogen-bond acceptors (Lipinski definition) is 2. The average Bonchev–Trinajstić information content (AvgIpc) is 2.56. The molecule has 12 heavy (non-hydrogen) atoms. The Morgan fingerprint density at radius 3 is 2.42 bits per heavy atom. The molecule has 1 aliphatic heterocycles. The summed E-state index contributed by atoms with van der Waals surface area (Å²) in [6.45, 7) is 6.05. The van der Waals surface area contributed by atoms with E-state index in [2.05, 4.69) is 13.8 Å². The third kappa shape index (κ3) is 3.11. The Labute approximate surface area is 75.2 Å². The van der Waals surface area contributed by atoms with E-state index in [-0.39, 0.29) is 6.29 Å². The maximum atomic E-state index is 5.41. The van der Waals surface area contributed by atoms with Crippen molar-refractivity contribution in [2.45, 2.75) is 45.8 Å². The molecule has 0 saturated carbocycles. The van der Waals surface area contributed by atoms with Crippen LogP contribution in [0, 0.1) is 5.92 Å². The van der Waals surface area contributed by atoms with Crippen LogP contribution in [-0.2, 0) is 9.47 Å². The minimum atomic E-state index is 0.0986. The van der Waals surface area contributed by atoms with Gasteiger partial charge < -0.3 is 9.47 Å². The van der Waals surface area contributed by atoms with Gasteiger partial charge in [0.1, 0.15) is 0 Å². The molecule has 1 aliphatic rings. The van der Waals surface area contributed by atoms with Crippen LogP contribution in [0.3, 0.4) is 0 Å². The van der Waals surface area contributed by atoms with E-state index in [1.165, 1.54) is 19.3 Å². The van der Waals surface area contributed by atoms with Crippen LogP contribution in [-0.4, -0.2) is 19.5 Å². The van der Waals surface area contributed by atoms with E-state index in [1.807, 2.05) is 0 Å². The van der Waals surface area contributed by atoms with Crippen LogP contribution in [0.4, 0.5) is 0 Å². The fourth-order valence-corrected chi connectivity index (χ4v) is 1.71. The summed E-state index contributed by atoms with van der Waals surface area (Å²) in [7, 11) is 0. The fraction of sp³-hybridized carbons (Fsp3) is 1.00. The zero-order valence-corrected chi connectivity index (χ0v) is 8.21. The normalized spacial score (nSPS) is 21.5. The lowest BCUT2D eigenvalue weighted by Gasteiger charge is -2.17. The molecule has 0 aromatic heterocycles. The van der Waals surface area contributed by atoms with Gasteiger partial charge in [-0.2, -0.15) is 0 Å². The molecule has 0 amide bonds. The molecule has 0 radical (unpaired) electrons. The van der Waals surface area contributed by atoms with Crippen molar-refractivity contribution in [3.05, 3.63) is 0 Å². The Morgan fingerprint density at radius 1 is 1.25 bits per heavy atom. The fourth-order valence-electron chi connectivity index (χ4n) is 1.71. The summed E-state index contributed by atoms with van der Waals surface area (Å²) in [6, 6.07) is 0. The predicted molar refractivity (Wildman–Crippen MR) is 49.0 cm³/mol. The maximum absolute atomic E-state index is 5.41. The van der Waals surface area contributed by atoms with Gasteiger partial charge >= 0.3 is 0 Å². The lowest BCUT2D eigenvalue weighted by atomic mass is 9.97. The molecule has 0 spiro atoms. The Kier molecular flexibility index (Phi) is 4.62. The molecule has 72 valence electrons. The van der Waals surface area contributed by atoms with Crippen molar-refractivity contribution in [1.29, 1.82) is 0 Å². The highest BCUT2D eigenvalue weighted by atomic mass is 16.7. The average molecular weight is 172 g/mol. The molecule has 0 aromatic carbocycles. The summed E-state index contributed by atoms with van der Waals surface area (Å²) in [5, 5.41) is 0. The molecule has 1 saturated heterocycles. The Hall–Kier alpha value is -0.0800. The van der Waals surface area contributed by atoms with Gasteiger partial charge in [-0.1, -0.05) is 33.1 Å². The third-order valence-corrected chi connectivity index (χ3v) is 2.49. The minimum absolute atomic E-state index is 0.0986. The smallest absolute Gasteiger partial charge is 0.158 e. The number of ether oxygens (including phenoxy) is 2.